The van der Waals surface area contributed by atoms with Gasteiger partial charge in [-0.15, -0.1) is 9.69 Å². The number of anilines is 1. The number of rotatable bonds is 10. The van der Waals surface area contributed by atoms with Gasteiger partial charge in [-0.05, 0) is 144 Å². The second-order valence-corrected chi connectivity index (χ2v) is 23.5. The predicted octanol–water partition coefficient (Wildman–Crippen LogP) is 6.94. The van der Waals surface area contributed by atoms with Crippen LogP contribution in [0.5, 0.6) is 0 Å². The van der Waals surface area contributed by atoms with Gasteiger partial charge in [0.25, 0.3) is 23.4 Å². The van der Waals surface area contributed by atoms with Gasteiger partial charge in [0.15, 0.2) is 12.7 Å². The Kier molecular flexibility index (Phi) is 17.4. The van der Waals surface area contributed by atoms with Gasteiger partial charge in [0.1, 0.15) is 12.1 Å². The number of esters is 1. The number of hydrogen-bond acceptors (Lipinski definition) is 10. The molecule has 15 nitrogen and oxygen atoms in total. The van der Waals surface area contributed by atoms with Crippen molar-refractivity contribution >= 4 is 52.8 Å². The Bertz CT molecular complexity index is 2540. The molecular formula is C58H84FN8O7+. The highest BCUT2D eigenvalue weighted by atomic mass is 19.1. The maximum absolute atomic E-state index is 16.9. The quantitative estimate of drug-likeness (QED) is 0.150. The number of likely N-dealkylation sites (tertiary alicyclic amines) is 1. The number of hydrazone groups is 1. The number of benzene rings is 1. The number of amides is 4. The molecule has 5 heterocycles. The van der Waals surface area contributed by atoms with Gasteiger partial charge in [0.2, 0.25) is 5.91 Å². The lowest BCUT2D eigenvalue weighted by Crippen LogP contribution is -2.61. The largest absolute Gasteiger partial charge is 0.457 e. The van der Waals surface area contributed by atoms with Crippen LogP contribution in [0.2, 0.25) is 0 Å². The summed E-state index contributed by atoms with van der Waals surface area (Å²) >= 11 is 0. The van der Waals surface area contributed by atoms with E-state index in [9.17, 15) is 19.2 Å². The Balaban J connectivity index is 1.20. The Hall–Kier alpha value is -5.40. The summed E-state index contributed by atoms with van der Waals surface area (Å²) in [5, 5.41) is 4.64. The standard InChI is InChI=1S/C58H83FN8O7/c1-14-41-42-22-21-40-33-44(42)45(49(41)43-19-15-27-60-50(43)38(4)73-13)34-56(5,6)36-74-54(71)47-20-17-29-67(64(47)12)53(70)46(32-39-18-16-28-66(40)35-39)61-52(69)51(37(2)3)63(11)55(72)58(59)25-30-65(31-26-58)48(68)23-24-57(7,8)62(9)10/h21-22,27,33,37-39,41,46,51H,14-20,25-26,28-32,34-36H2,1-13H3/p+1/t38?,39-,41?,46?,51-/m0/s1. The van der Waals surface area contributed by atoms with E-state index in [4.69, 9.17) is 14.5 Å². The first-order chi connectivity index (χ1) is 34.9. The minimum Gasteiger partial charge on any atom is -0.457 e. The summed E-state index contributed by atoms with van der Waals surface area (Å²) in [7, 11) is 8.62. The van der Waals surface area contributed by atoms with E-state index in [1.54, 1.807) is 37.7 Å². The van der Waals surface area contributed by atoms with Gasteiger partial charge in [-0.25, -0.2) is 9.18 Å². The zero-order valence-corrected chi connectivity index (χ0v) is 46.7. The minimum atomic E-state index is -2.32. The number of hydrazine groups is 1. The zero-order chi connectivity index (χ0) is 54.0. The van der Waals surface area contributed by atoms with Crippen LogP contribution < -0.4 is 10.2 Å². The lowest BCUT2D eigenvalue weighted by Gasteiger charge is -2.40. The summed E-state index contributed by atoms with van der Waals surface area (Å²) in [6.45, 7) is 17.9. The lowest BCUT2D eigenvalue weighted by molar-refractivity contribution is -0.652. The summed E-state index contributed by atoms with van der Waals surface area (Å²) in [5.41, 5.74) is 5.37. The van der Waals surface area contributed by atoms with Gasteiger partial charge in [0.05, 0.1) is 30.5 Å². The summed E-state index contributed by atoms with van der Waals surface area (Å²) in [4.78, 5) is 83.3. The van der Waals surface area contributed by atoms with Crippen molar-refractivity contribution in [3.8, 4) is 11.8 Å². The molecule has 6 aliphatic rings. The van der Waals surface area contributed by atoms with Crippen molar-refractivity contribution in [1.29, 1.82) is 0 Å². The number of likely N-dealkylation sites (N-methyl/N-ethyl adjacent to an activating group) is 1. The molecule has 16 heteroatoms. The number of nitrogens with one attached hydrogen (secondary N) is 1. The molecule has 1 aromatic carbocycles. The number of carbonyl (C=O) groups is 5. The van der Waals surface area contributed by atoms with E-state index < -0.39 is 58.3 Å². The minimum absolute atomic E-state index is 0.000344. The highest BCUT2D eigenvalue weighted by Gasteiger charge is 2.48. The van der Waals surface area contributed by atoms with Gasteiger partial charge < -0.3 is 29.5 Å². The number of cyclic esters (lactones) is 1. The van der Waals surface area contributed by atoms with Crippen molar-refractivity contribution in [3.05, 3.63) is 46.2 Å². The number of allylic oxidation sites excluding steroid dienone is 3. The Morgan fingerprint density at radius 1 is 1.04 bits per heavy atom. The van der Waals surface area contributed by atoms with Crippen LogP contribution in [0.25, 0.3) is 5.57 Å². The van der Waals surface area contributed by atoms with Crippen LogP contribution in [0.1, 0.15) is 143 Å². The van der Waals surface area contributed by atoms with E-state index in [2.05, 4.69) is 68.0 Å². The van der Waals surface area contributed by atoms with E-state index in [0.717, 1.165) is 50.0 Å². The van der Waals surface area contributed by atoms with Crippen LogP contribution in [0.15, 0.2) is 40.0 Å². The van der Waals surface area contributed by atoms with Crippen LogP contribution in [-0.4, -0.2) is 170 Å². The number of ether oxygens (including phenoxy) is 2. The molecule has 0 saturated carbocycles. The fraction of sp³-hybridized carbons (Fsp3) is 0.672. The van der Waals surface area contributed by atoms with Gasteiger partial charge >= 0.3 is 5.97 Å². The van der Waals surface area contributed by atoms with E-state index in [1.807, 2.05) is 39.1 Å². The number of fused-ring (bicyclic) bond motifs is 5. The molecule has 404 valence electrons. The second kappa shape index (κ2) is 22.8. The monoisotopic (exact) mass is 1020 g/mol. The number of methoxy groups -OCH3 is 1. The van der Waals surface area contributed by atoms with E-state index in [-0.39, 0.29) is 56.4 Å². The highest BCUT2D eigenvalue weighted by molar-refractivity contribution is 6.34. The molecule has 4 amide bonds. The zero-order valence-electron chi connectivity index (χ0n) is 46.7. The molecule has 0 spiro atoms. The van der Waals surface area contributed by atoms with Gasteiger partial charge in [0, 0.05) is 82.8 Å². The third-order valence-electron chi connectivity index (χ3n) is 16.7. The van der Waals surface area contributed by atoms with Crippen molar-refractivity contribution < 1.29 is 42.5 Å². The first-order valence-electron chi connectivity index (χ1n) is 27.2. The maximum Gasteiger partial charge on any atom is 0.401 e. The molecule has 0 aromatic heterocycles. The predicted molar refractivity (Wildman–Crippen MR) is 287 cm³/mol. The molecule has 2 fully saturated rings. The molecule has 2 saturated heterocycles. The van der Waals surface area contributed by atoms with Crippen LogP contribution in [0, 0.1) is 29.1 Å². The number of aliphatic imine (C=N–C) groups is 1. The molecule has 1 aliphatic carbocycles. The Morgan fingerprint density at radius 3 is 2.42 bits per heavy atom. The number of piperidine rings is 2. The van der Waals surface area contributed by atoms with Crippen molar-refractivity contribution in [3.63, 3.8) is 0 Å². The maximum atomic E-state index is 16.9. The second-order valence-electron chi connectivity index (χ2n) is 23.5. The fourth-order valence-electron chi connectivity index (χ4n) is 11.9. The molecule has 1 N–H and O–H groups in total. The number of halogens is 1. The topological polar surface area (TPSA) is 147 Å². The number of alkyl halides is 1. The van der Waals surface area contributed by atoms with E-state index >= 15 is 9.18 Å². The van der Waals surface area contributed by atoms with Crippen molar-refractivity contribution in [2.45, 2.75) is 161 Å². The first kappa shape index (κ1) is 56.3. The normalized spacial score (nSPS) is 24.3. The number of nitrogens with zero attached hydrogens (tertiary/aromatic N) is 7. The molecule has 3 unspecified atom stereocenters. The van der Waals surface area contributed by atoms with Gasteiger partial charge in [-0.3, -0.25) is 29.1 Å². The van der Waals surface area contributed by atoms with Crippen LogP contribution in [0.3, 0.4) is 0 Å². The van der Waals surface area contributed by atoms with E-state index in [1.165, 1.54) is 44.7 Å². The Labute approximate surface area is 440 Å². The first-order valence-corrected chi connectivity index (χ1v) is 27.2. The van der Waals surface area contributed by atoms with Crippen molar-refractivity contribution in [2.75, 3.05) is 79.5 Å². The molecule has 0 radical (unpaired) electrons. The van der Waals surface area contributed by atoms with Gasteiger partial charge in [-0.1, -0.05) is 46.6 Å². The third-order valence-corrected chi connectivity index (χ3v) is 16.7. The van der Waals surface area contributed by atoms with Crippen molar-refractivity contribution in [1.82, 2.24) is 25.0 Å². The summed E-state index contributed by atoms with van der Waals surface area (Å²) in [5.74, 6) is 2.69. The molecule has 7 rings (SSSR count). The Morgan fingerprint density at radius 2 is 1.76 bits per heavy atom. The molecule has 74 heavy (non-hydrogen) atoms. The summed E-state index contributed by atoms with van der Waals surface area (Å²) in [6, 6.07) is 4.71. The third kappa shape index (κ3) is 11.8. The van der Waals surface area contributed by atoms with Crippen LogP contribution in [0.4, 0.5) is 10.1 Å². The van der Waals surface area contributed by atoms with Gasteiger partial charge in [-0.2, -0.15) is 0 Å². The highest BCUT2D eigenvalue weighted by Crippen LogP contribution is 2.53. The van der Waals surface area contributed by atoms with Crippen LogP contribution in [-0.2, 0) is 33.4 Å². The summed E-state index contributed by atoms with van der Waals surface area (Å²) in [6.07, 6.45) is 7.54. The summed E-state index contributed by atoms with van der Waals surface area (Å²) < 4.78 is 30.6. The molecule has 1 aromatic rings. The molecule has 5 aliphatic heterocycles. The average molecular weight is 1020 g/mol. The molecular weight excluding hydrogens is 940 g/mol. The number of hydrogen-bond donors (Lipinski definition) is 1. The van der Waals surface area contributed by atoms with E-state index in [0.29, 0.717) is 44.5 Å². The fourth-order valence-corrected chi connectivity index (χ4v) is 11.9. The number of carbonyl (C=O) groups excluding carboxylic acids is 5. The van der Waals surface area contributed by atoms with Crippen LogP contribution >= 0.6 is 0 Å². The molecule has 5 atom stereocenters. The SMILES string of the molecule is CCC1C(C2=C(C(C)OC)N=CCC2)=C2CC(C)(C)COC(=O)C3=[N+](C)N(CCC3)C(=O)C(NC(=O)[C@H](C(C)C)N(C)C(=O)C3(F)CCN(C(=O)C#CC(C)(C)N(C)C)CC3)C[C@@H]3CCCN(C3)c3ccc1c2c3. The molecule has 6 bridgehead atoms. The van der Waals surface area contributed by atoms with Crippen molar-refractivity contribution in [2.24, 2.45) is 22.2 Å². The lowest BCUT2D eigenvalue weighted by atomic mass is 9.80. The smallest absolute Gasteiger partial charge is 0.401 e. The average Bonchev–Trinajstić information content (AvgIpc) is 3.67.